The number of urea groups is 1. The summed E-state index contributed by atoms with van der Waals surface area (Å²) in [5, 5.41) is 0. The number of piperidine rings is 1. The standard InChI is InChI=1S/C17H23N5O2/c1-2-12-10-15(19-11-18-12)20-8-5-13(6-9-20)22-16(23)14-4-3-7-21(14)17(22)24/h10-11,13-14H,2-9H2,1H3/t14-/m1/s1. The van der Waals surface area contributed by atoms with Crippen LogP contribution in [0, 0.1) is 0 Å². The number of nitrogens with zero attached hydrogens (tertiary/aromatic N) is 5. The van der Waals surface area contributed by atoms with Crippen LogP contribution in [0.3, 0.4) is 0 Å². The third-order valence-electron chi connectivity index (χ3n) is 5.45. The molecule has 0 radical (unpaired) electrons. The number of aryl methyl sites for hydroxylation is 1. The molecule has 1 atom stereocenters. The summed E-state index contributed by atoms with van der Waals surface area (Å²) in [5.41, 5.74) is 1.03. The molecule has 24 heavy (non-hydrogen) atoms. The van der Waals surface area contributed by atoms with Crippen LogP contribution in [0.25, 0.3) is 0 Å². The highest BCUT2D eigenvalue weighted by Gasteiger charge is 2.50. The van der Waals surface area contributed by atoms with Crippen LogP contribution in [-0.4, -0.2) is 63.4 Å². The van der Waals surface area contributed by atoms with E-state index in [9.17, 15) is 9.59 Å². The maximum atomic E-state index is 12.6. The van der Waals surface area contributed by atoms with Crippen LogP contribution in [0.1, 0.15) is 38.3 Å². The molecule has 0 unspecified atom stereocenters. The van der Waals surface area contributed by atoms with Gasteiger partial charge in [0, 0.05) is 37.4 Å². The second-order valence-corrected chi connectivity index (χ2v) is 6.78. The fraction of sp³-hybridized carbons (Fsp3) is 0.647. The smallest absolute Gasteiger partial charge is 0.327 e. The third kappa shape index (κ3) is 2.42. The van der Waals surface area contributed by atoms with Crippen LogP contribution in [0.2, 0.25) is 0 Å². The molecule has 4 rings (SSSR count). The summed E-state index contributed by atoms with van der Waals surface area (Å²) in [6.45, 7) is 4.43. The van der Waals surface area contributed by atoms with Crippen molar-refractivity contribution < 1.29 is 9.59 Å². The van der Waals surface area contributed by atoms with Crippen molar-refractivity contribution in [2.45, 2.75) is 51.1 Å². The summed E-state index contributed by atoms with van der Waals surface area (Å²) >= 11 is 0. The summed E-state index contributed by atoms with van der Waals surface area (Å²) in [5.74, 6) is 0.964. The first-order chi connectivity index (χ1) is 11.7. The molecule has 3 fully saturated rings. The monoisotopic (exact) mass is 329 g/mol. The van der Waals surface area contributed by atoms with Crippen LogP contribution < -0.4 is 4.90 Å². The Labute approximate surface area is 141 Å². The molecule has 1 aromatic rings. The highest BCUT2D eigenvalue weighted by molar-refractivity contribution is 6.04. The summed E-state index contributed by atoms with van der Waals surface area (Å²) in [7, 11) is 0. The first kappa shape index (κ1) is 15.4. The summed E-state index contributed by atoms with van der Waals surface area (Å²) in [4.78, 5) is 39.2. The lowest BCUT2D eigenvalue weighted by molar-refractivity contribution is -0.129. The van der Waals surface area contributed by atoms with Gasteiger partial charge >= 0.3 is 6.03 Å². The summed E-state index contributed by atoms with van der Waals surface area (Å²) < 4.78 is 0. The molecule has 0 aromatic carbocycles. The molecule has 4 heterocycles. The number of carbonyl (C=O) groups is 2. The van der Waals surface area contributed by atoms with Crippen LogP contribution in [-0.2, 0) is 11.2 Å². The zero-order valence-electron chi connectivity index (χ0n) is 14.0. The number of imide groups is 1. The molecule has 0 spiro atoms. The molecule has 3 aliphatic heterocycles. The Morgan fingerprint density at radius 1 is 1.12 bits per heavy atom. The lowest BCUT2D eigenvalue weighted by Crippen LogP contribution is -2.48. The Balaban J connectivity index is 1.43. The lowest BCUT2D eigenvalue weighted by atomic mass is 10.0. The number of hydrogen-bond donors (Lipinski definition) is 0. The fourth-order valence-electron chi connectivity index (χ4n) is 4.09. The SMILES string of the molecule is CCc1cc(N2CCC(N3C(=O)[C@H]4CCCN4C3=O)CC2)ncn1. The van der Waals surface area contributed by atoms with E-state index in [2.05, 4.69) is 21.8 Å². The van der Waals surface area contributed by atoms with Crippen LogP contribution in [0.15, 0.2) is 12.4 Å². The Kier molecular flexibility index (Phi) is 3.86. The van der Waals surface area contributed by atoms with Crippen molar-refractivity contribution in [1.82, 2.24) is 19.8 Å². The first-order valence-electron chi connectivity index (χ1n) is 8.88. The maximum Gasteiger partial charge on any atom is 0.327 e. The van der Waals surface area contributed by atoms with E-state index < -0.39 is 0 Å². The molecule has 1 aromatic heterocycles. The van der Waals surface area contributed by atoms with Gasteiger partial charge in [-0.1, -0.05) is 6.92 Å². The number of carbonyl (C=O) groups excluding carboxylic acids is 2. The topological polar surface area (TPSA) is 69.6 Å². The van der Waals surface area contributed by atoms with Crippen LogP contribution in [0.4, 0.5) is 10.6 Å². The second-order valence-electron chi connectivity index (χ2n) is 6.78. The molecule has 0 saturated carbocycles. The number of amides is 3. The van der Waals surface area contributed by atoms with Crippen molar-refractivity contribution in [3.63, 3.8) is 0 Å². The van der Waals surface area contributed by atoms with E-state index in [4.69, 9.17) is 0 Å². The molecule has 0 N–H and O–H groups in total. The van der Waals surface area contributed by atoms with Crippen LogP contribution in [0.5, 0.6) is 0 Å². The highest BCUT2D eigenvalue weighted by Crippen LogP contribution is 2.32. The van der Waals surface area contributed by atoms with Gasteiger partial charge in [-0.25, -0.2) is 14.8 Å². The number of hydrogen-bond acceptors (Lipinski definition) is 5. The van der Waals surface area contributed by atoms with Crippen molar-refractivity contribution in [2.24, 2.45) is 0 Å². The van der Waals surface area contributed by atoms with Gasteiger partial charge in [-0.3, -0.25) is 9.69 Å². The molecular formula is C17H23N5O2. The molecule has 3 amide bonds. The predicted octanol–water partition coefficient (Wildman–Crippen LogP) is 1.43. The quantitative estimate of drug-likeness (QED) is 0.785. The lowest BCUT2D eigenvalue weighted by Gasteiger charge is -2.36. The first-order valence-corrected chi connectivity index (χ1v) is 8.88. The summed E-state index contributed by atoms with van der Waals surface area (Å²) in [6.07, 6.45) is 5.89. The van der Waals surface area contributed by atoms with Gasteiger partial charge in [0.05, 0.1) is 0 Å². The molecule has 7 heteroatoms. The number of fused-ring (bicyclic) bond motifs is 1. The van der Waals surface area contributed by atoms with Gasteiger partial charge < -0.3 is 9.80 Å². The minimum atomic E-state index is -0.190. The minimum absolute atomic E-state index is 0.0197. The Bertz CT molecular complexity index is 634. The van der Waals surface area contributed by atoms with Crippen molar-refractivity contribution in [2.75, 3.05) is 24.5 Å². The number of rotatable bonds is 3. The van der Waals surface area contributed by atoms with E-state index in [-0.39, 0.29) is 24.0 Å². The van der Waals surface area contributed by atoms with E-state index in [1.54, 1.807) is 16.1 Å². The zero-order valence-corrected chi connectivity index (χ0v) is 14.0. The van der Waals surface area contributed by atoms with Gasteiger partial charge in [-0.15, -0.1) is 0 Å². The molecule has 3 saturated heterocycles. The number of anilines is 1. The third-order valence-corrected chi connectivity index (χ3v) is 5.45. The van der Waals surface area contributed by atoms with E-state index in [1.165, 1.54) is 0 Å². The normalized spacial score (nSPS) is 24.9. The fourth-order valence-corrected chi connectivity index (χ4v) is 4.09. The molecule has 0 aliphatic carbocycles. The minimum Gasteiger partial charge on any atom is -0.356 e. The molecule has 3 aliphatic rings. The average molecular weight is 329 g/mol. The van der Waals surface area contributed by atoms with Gasteiger partial charge in [0.1, 0.15) is 18.2 Å². The average Bonchev–Trinajstić information content (AvgIpc) is 3.19. The van der Waals surface area contributed by atoms with Crippen molar-refractivity contribution in [3.8, 4) is 0 Å². The number of aromatic nitrogens is 2. The molecule has 7 nitrogen and oxygen atoms in total. The van der Waals surface area contributed by atoms with Gasteiger partial charge in [0.2, 0.25) is 0 Å². The highest BCUT2D eigenvalue weighted by atomic mass is 16.2. The second kappa shape index (κ2) is 6.03. The van der Waals surface area contributed by atoms with Crippen molar-refractivity contribution in [3.05, 3.63) is 18.1 Å². The predicted molar refractivity (Wildman–Crippen MR) is 88.6 cm³/mol. The van der Waals surface area contributed by atoms with Crippen molar-refractivity contribution >= 4 is 17.8 Å². The van der Waals surface area contributed by atoms with E-state index in [0.29, 0.717) is 0 Å². The van der Waals surface area contributed by atoms with Crippen molar-refractivity contribution in [1.29, 1.82) is 0 Å². The van der Waals surface area contributed by atoms with Crippen LogP contribution >= 0.6 is 0 Å². The Hall–Kier alpha value is -2.18. The Morgan fingerprint density at radius 3 is 2.62 bits per heavy atom. The van der Waals surface area contributed by atoms with Gasteiger partial charge in [-0.05, 0) is 32.1 Å². The van der Waals surface area contributed by atoms with Gasteiger partial charge in [-0.2, -0.15) is 0 Å². The maximum absolute atomic E-state index is 12.6. The van der Waals surface area contributed by atoms with E-state index >= 15 is 0 Å². The van der Waals surface area contributed by atoms with E-state index in [1.807, 2.05) is 6.07 Å². The molecule has 128 valence electrons. The summed E-state index contributed by atoms with van der Waals surface area (Å²) in [6, 6.07) is 1.79. The van der Waals surface area contributed by atoms with E-state index in [0.717, 1.165) is 63.3 Å². The zero-order chi connectivity index (χ0) is 16.7. The molecular weight excluding hydrogens is 306 g/mol. The van der Waals surface area contributed by atoms with Gasteiger partial charge in [0.15, 0.2) is 0 Å². The Morgan fingerprint density at radius 2 is 1.92 bits per heavy atom. The van der Waals surface area contributed by atoms with Gasteiger partial charge in [0.25, 0.3) is 5.91 Å². The molecule has 0 bridgehead atoms. The largest absolute Gasteiger partial charge is 0.356 e.